The normalized spacial score (nSPS) is 10.7. The molecule has 1 heterocycles. The molecule has 3 rings (SSSR count). The van der Waals surface area contributed by atoms with E-state index in [1.807, 2.05) is 59.2 Å². The van der Waals surface area contributed by atoms with Crippen molar-refractivity contribution in [3.05, 3.63) is 66.0 Å². The highest BCUT2D eigenvalue weighted by Crippen LogP contribution is 2.16. The number of carbonyl (C=O) groups is 2. The number of aromatic nitrogens is 2. The van der Waals surface area contributed by atoms with Gasteiger partial charge >= 0.3 is 0 Å². The van der Waals surface area contributed by atoms with Gasteiger partial charge < -0.3 is 15.2 Å². The highest BCUT2D eigenvalue weighted by atomic mass is 16.2. The SMILES string of the molecule is CNC(=O)Cc1nc2ccccc2n1CC(=O)NCCc1ccccc1. The number of hydrogen-bond donors (Lipinski definition) is 2. The summed E-state index contributed by atoms with van der Waals surface area (Å²) in [7, 11) is 1.59. The fourth-order valence-electron chi connectivity index (χ4n) is 2.86. The number of nitrogens with zero attached hydrogens (tertiary/aromatic N) is 2. The van der Waals surface area contributed by atoms with E-state index in [0.717, 1.165) is 17.5 Å². The number of nitrogens with one attached hydrogen (secondary N) is 2. The van der Waals surface area contributed by atoms with E-state index in [4.69, 9.17) is 0 Å². The molecule has 0 unspecified atom stereocenters. The molecule has 0 aliphatic heterocycles. The van der Waals surface area contributed by atoms with E-state index in [2.05, 4.69) is 15.6 Å². The Morgan fingerprint density at radius 2 is 1.73 bits per heavy atom. The van der Waals surface area contributed by atoms with Crippen LogP contribution in [0.1, 0.15) is 11.4 Å². The molecule has 0 aliphatic rings. The number of fused-ring (bicyclic) bond motifs is 1. The summed E-state index contributed by atoms with van der Waals surface area (Å²) < 4.78 is 1.81. The predicted molar refractivity (Wildman–Crippen MR) is 101 cm³/mol. The molecule has 0 bridgehead atoms. The number of carbonyl (C=O) groups excluding carboxylic acids is 2. The van der Waals surface area contributed by atoms with Gasteiger partial charge in [-0.15, -0.1) is 0 Å². The molecule has 26 heavy (non-hydrogen) atoms. The van der Waals surface area contributed by atoms with E-state index in [1.54, 1.807) is 7.05 Å². The summed E-state index contributed by atoms with van der Waals surface area (Å²) in [4.78, 5) is 28.7. The van der Waals surface area contributed by atoms with Crippen LogP contribution in [0.25, 0.3) is 11.0 Å². The van der Waals surface area contributed by atoms with Gasteiger partial charge in [-0.2, -0.15) is 0 Å². The first-order valence-electron chi connectivity index (χ1n) is 8.62. The second-order valence-electron chi connectivity index (χ2n) is 6.04. The predicted octanol–water partition coefficient (Wildman–Crippen LogP) is 1.68. The summed E-state index contributed by atoms with van der Waals surface area (Å²) in [5, 5.41) is 5.54. The van der Waals surface area contributed by atoms with E-state index in [1.165, 1.54) is 5.56 Å². The van der Waals surface area contributed by atoms with Crippen LogP contribution in [0, 0.1) is 0 Å². The second-order valence-corrected chi connectivity index (χ2v) is 6.04. The maximum atomic E-state index is 12.4. The van der Waals surface area contributed by atoms with Crippen molar-refractivity contribution in [2.75, 3.05) is 13.6 Å². The first-order chi connectivity index (χ1) is 12.7. The van der Waals surface area contributed by atoms with Crippen LogP contribution < -0.4 is 10.6 Å². The maximum Gasteiger partial charge on any atom is 0.240 e. The van der Waals surface area contributed by atoms with Gasteiger partial charge in [-0.05, 0) is 24.1 Å². The molecule has 0 fully saturated rings. The average molecular weight is 350 g/mol. The Balaban J connectivity index is 1.69. The number of likely N-dealkylation sites (N-methyl/N-ethyl adjacent to an activating group) is 1. The molecule has 0 saturated heterocycles. The zero-order valence-electron chi connectivity index (χ0n) is 14.7. The highest BCUT2D eigenvalue weighted by molar-refractivity contribution is 5.83. The number of rotatable bonds is 7. The Labute approximate surface area is 152 Å². The number of para-hydroxylation sites is 2. The van der Waals surface area contributed by atoms with E-state index < -0.39 is 0 Å². The summed E-state index contributed by atoms with van der Waals surface area (Å²) in [5.74, 6) is 0.358. The van der Waals surface area contributed by atoms with Crippen molar-refractivity contribution in [3.8, 4) is 0 Å². The Kier molecular flexibility index (Phi) is 5.63. The summed E-state index contributed by atoms with van der Waals surface area (Å²) in [6.45, 7) is 0.710. The molecule has 6 heteroatoms. The van der Waals surface area contributed by atoms with E-state index in [9.17, 15) is 9.59 Å². The lowest BCUT2D eigenvalue weighted by atomic mass is 10.1. The van der Waals surface area contributed by atoms with Crippen LogP contribution in [0.5, 0.6) is 0 Å². The fourth-order valence-corrected chi connectivity index (χ4v) is 2.86. The standard InChI is InChI=1S/C20H22N4O2/c1-21-19(25)13-18-23-16-9-5-6-10-17(16)24(18)14-20(26)22-12-11-15-7-3-2-4-8-15/h2-10H,11-14H2,1H3,(H,21,25)(H,22,26). The molecule has 2 aromatic carbocycles. The number of hydrogen-bond acceptors (Lipinski definition) is 3. The van der Waals surface area contributed by atoms with Gasteiger partial charge in [0.1, 0.15) is 12.4 Å². The van der Waals surface area contributed by atoms with Gasteiger partial charge in [0.15, 0.2) is 0 Å². The van der Waals surface area contributed by atoms with Gasteiger partial charge in [0.2, 0.25) is 11.8 Å². The van der Waals surface area contributed by atoms with Crippen LogP contribution >= 0.6 is 0 Å². The Morgan fingerprint density at radius 1 is 1.00 bits per heavy atom. The third-order valence-corrected chi connectivity index (χ3v) is 4.21. The highest BCUT2D eigenvalue weighted by Gasteiger charge is 2.15. The number of benzene rings is 2. The molecule has 6 nitrogen and oxygen atoms in total. The molecule has 0 aliphatic carbocycles. The monoisotopic (exact) mass is 350 g/mol. The molecule has 0 saturated carbocycles. The van der Waals surface area contributed by atoms with Crippen LogP contribution in [0.4, 0.5) is 0 Å². The van der Waals surface area contributed by atoms with Gasteiger partial charge in [0, 0.05) is 13.6 Å². The molecule has 2 amide bonds. The van der Waals surface area contributed by atoms with Gasteiger partial charge in [-0.1, -0.05) is 42.5 Å². The molecule has 3 aromatic rings. The van der Waals surface area contributed by atoms with Crippen LogP contribution in [0.3, 0.4) is 0 Å². The fraction of sp³-hybridized carbons (Fsp3) is 0.250. The topological polar surface area (TPSA) is 76.0 Å². The molecule has 2 N–H and O–H groups in total. The van der Waals surface area contributed by atoms with Gasteiger partial charge in [0.05, 0.1) is 17.5 Å². The van der Waals surface area contributed by atoms with Gasteiger partial charge in [-0.25, -0.2) is 4.98 Å². The first-order valence-corrected chi connectivity index (χ1v) is 8.62. The zero-order valence-corrected chi connectivity index (χ0v) is 14.7. The average Bonchev–Trinajstić information content (AvgIpc) is 2.99. The van der Waals surface area contributed by atoms with Crippen molar-refractivity contribution in [1.29, 1.82) is 0 Å². The molecule has 0 radical (unpaired) electrons. The van der Waals surface area contributed by atoms with Crippen molar-refractivity contribution in [2.24, 2.45) is 0 Å². The Morgan fingerprint density at radius 3 is 2.50 bits per heavy atom. The molecular formula is C20H22N4O2. The summed E-state index contributed by atoms with van der Waals surface area (Å²) in [6.07, 6.45) is 0.921. The Hall–Kier alpha value is -3.15. The Bertz CT molecular complexity index is 903. The van der Waals surface area contributed by atoms with Crippen molar-refractivity contribution in [3.63, 3.8) is 0 Å². The summed E-state index contributed by atoms with van der Waals surface area (Å²) in [5.41, 5.74) is 2.81. The quantitative estimate of drug-likeness (QED) is 0.681. The van der Waals surface area contributed by atoms with Crippen LogP contribution in [0.2, 0.25) is 0 Å². The van der Waals surface area contributed by atoms with Crippen molar-refractivity contribution < 1.29 is 9.59 Å². The van der Waals surface area contributed by atoms with Gasteiger partial charge in [0.25, 0.3) is 0 Å². The van der Waals surface area contributed by atoms with E-state index in [-0.39, 0.29) is 24.8 Å². The van der Waals surface area contributed by atoms with Crippen molar-refractivity contribution in [2.45, 2.75) is 19.4 Å². The lowest BCUT2D eigenvalue weighted by Gasteiger charge is -2.10. The maximum absolute atomic E-state index is 12.4. The van der Waals surface area contributed by atoms with E-state index in [0.29, 0.717) is 12.4 Å². The third kappa shape index (κ3) is 4.27. The number of amides is 2. The van der Waals surface area contributed by atoms with Crippen LogP contribution in [-0.4, -0.2) is 35.0 Å². The largest absolute Gasteiger partial charge is 0.359 e. The minimum atomic E-state index is -0.133. The van der Waals surface area contributed by atoms with Gasteiger partial charge in [-0.3, -0.25) is 9.59 Å². The molecule has 0 atom stereocenters. The molecule has 0 spiro atoms. The third-order valence-electron chi connectivity index (χ3n) is 4.21. The van der Waals surface area contributed by atoms with Crippen LogP contribution in [-0.2, 0) is 29.0 Å². The minimum absolute atomic E-state index is 0.0951. The summed E-state index contributed by atoms with van der Waals surface area (Å²) in [6, 6.07) is 17.6. The van der Waals surface area contributed by atoms with E-state index >= 15 is 0 Å². The summed E-state index contributed by atoms with van der Waals surface area (Å²) >= 11 is 0. The molecule has 134 valence electrons. The lowest BCUT2D eigenvalue weighted by molar-refractivity contribution is -0.122. The smallest absolute Gasteiger partial charge is 0.240 e. The lowest BCUT2D eigenvalue weighted by Crippen LogP contribution is -2.30. The molecule has 1 aromatic heterocycles. The van der Waals surface area contributed by atoms with Crippen molar-refractivity contribution >= 4 is 22.8 Å². The minimum Gasteiger partial charge on any atom is -0.359 e. The molecular weight excluding hydrogens is 328 g/mol. The van der Waals surface area contributed by atoms with Crippen LogP contribution in [0.15, 0.2) is 54.6 Å². The first kappa shape index (κ1) is 17.7. The second kappa shape index (κ2) is 8.29. The van der Waals surface area contributed by atoms with Crippen molar-refractivity contribution in [1.82, 2.24) is 20.2 Å². The zero-order chi connectivity index (χ0) is 18.4. The number of imidazole rings is 1.